The van der Waals surface area contributed by atoms with Gasteiger partial charge < -0.3 is 14.6 Å². The molecule has 0 unspecified atom stereocenters. The van der Waals surface area contributed by atoms with Crippen molar-refractivity contribution >= 4 is 21.9 Å². The topological polar surface area (TPSA) is 59.1 Å². The van der Waals surface area contributed by atoms with Gasteiger partial charge in [-0.25, -0.2) is 4.79 Å². The second-order valence-electron chi connectivity index (χ2n) is 3.97. The number of carboxylic acids is 1. The van der Waals surface area contributed by atoms with Crippen molar-refractivity contribution in [3.05, 3.63) is 40.6 Å². The molecule has 0 atom stereocenters. The highest BCUT2D eigenvalue weighted by atomic mass is 79.9. The van der Waals surface area contributed by atoms with Crippen molar-refractivity contribution in [2.75, 3.05) is 6.61 Å². The monoisotopic (exact) mass is 314 g/mol. The molecule has 0 saturated carbocycles. The Morgan fingerprint density at radius 2 is 2.06 bits per heavy atom. The average Bonchev–Trinajstić information content (AvgIpc) is 2.99. The number of hydrogen-bond acceptors (Lipinski definition) is 3. The maximum atomic E-state index is 10.7. The third-order valence-electron chi connectivity index (χ3n) is 1.84. The fourth-order valence-corrected chi connectivity index (χ4v) is 1.55. The van der Waals surface area contributed by atoms with Crippen LogP contribution < -0.4 is 4.74 Å². The van der Waals surface area contributed by atoms with Gasteiger partial charge in [-0.2, -0.15) is 0 Å². The van der Waals surface area contributed by atoms with Gasteiger partial charge in [0, 0.05) is 4.47 Å². The molecule has 1 aliphatic rings. The Morgan fingerprint density at radius 1 is 1.50 bits per heavy atom. The lowest BCUT2D eigenvalue weighted by Crippen LogP contribution is -2.06. The van der Waals surface area contributed by atoms with Crippen molar-refractivity contribution in [3.63, 3.8) is 0 Å². The Balaban J connectivity index is 0.000000341. The van der Waals surface area contributed by atoms with E-state index in [9.17, 15) is 4.79 Å². The van der Waals surface area contributed by atoms with Gasteiger partial charge in [-0.15, -0.1) is 0 Å². The first-order valence-electron chi connectivity index (χ1n) is 5.39. The molecule has 98 valence electrons. The largest absolute Gasteiger partial charge is 0.491 e. The predicted octanol–water partition coefficient (Wildman–Crippen LogP) is 3.46. The highest BCUT2D eigenvalue weighted by Gasteiger charge is 2.07. The van der Waals surface area contributed by atoms with Crippen LogP contribution in [-0.4, -0.2) is 23.8 Å². The van der Waals surface area contributed by atoms with Crippen LogP contribution in [-0.2, 0) is 4.74 Å². The van der Waals surface area contributed by atoms with E-state index in [4.69, 9.17) is 9.84 Å². The number of aromatic carboxylic acids is 1. The molecule has 2 rings (SSSR count). The Kier molecular flexibility index (Phi) is 5.22. The molecule has 4 nitrogen and oxygen atoms in total. The van der Waals surface area contributed by atoms with Crippen LogP contribution in [0.25, 0.3) is 0 Å². The Bertz CT molecular complexity index is 448. The first-order valence-corrected chi connectivity index (χ1v) is 6.19. The van der Waals surface area contributed by atoms with E-state index in [0.29, 0.717) is 10.2 Å². The van der Waals surface area contributed by atoms with E-state index in [2.05, 4.69) is 27.2 Å². The Hall–Kier alpha value is -1.49. The van der Waals surface area contributed by atoms with E-state index in [1.165, 1.54) is 12.1 Å². The fourth-order valence-electron chi connectivity index (χ4n) is 1.08. The minimum atomic E-state index is -0.958. The maximum Gasteiger partial charge on any atom is 0.335 e. The van der Waals surface area contributed by atoms with E-state index in [-0.39, 0.29) is 11.7 Å². The van der Waals surface area contributed by atoms with Gasteiger partial charge in [-0.05, 0) is 32.0 Å². The summed E-state index contributed by atoms with van der Waals surface area (Å²) in [6.07, 6.45) is 0.0333. The number of hydrogen-bond donors (Lipinski definition) is 1. The molecule has 0 aliphatic carbocycles. The third-order valence-corrected chi connectivity index (χ3v) is 2.30. The SMILES string of the molecule is C=C1CO1.CC(C)Oc1cc(Br)cc(C(=O)O)c1. The van der Waals surface area contributed by atoms with Crippen LogP contribution in [0.2, 0.25) is 0 Å². The molecule has 1 heterocycles. The summed E-state index contributed by atoms with van der Waals surface area (Å²) in [6, 6.07) is 4.79. The molecule has 0 aromatic heterocycles. The van der Waals surface area contributed by atoms with Gasteiger partial charge in [-0.3, -0.25) is 0 Å². The maximum absolute atomic E-state index is 10.7. The molecule has 0 spiro atoms. The number of rotatable bonds is 3. The summed E-state index contributed by atoms with van der Waals surface area (Å²) in [6.45, 7) is 8.02. The number of carbonyl (C=O) groups is 1. The number of carboxylic acid groups (broad SMARTS) is 1. The summed E-state index contributed by atoms with van der Waals surface area (Å²) >= 11 is 3.23. The van der Waals surface area contributed by atoms with Gasteiger partial charge in [0.1, 0.15) is 18.1 Å². The molecule has 1 saturated heterocycles. The Morgan fingerprint density at radius 3 is 2.44 bits per heavy atom. The zero-order valence-electron chi connectivity index (χ0n) is 10.3. The first kappa shape index (κ1) is 14.6. The van der Waals surface area contributed by atoms with E-state index in [0.717, 1.165) is 12.4 Å². The number of ether oxygens (including phenoxy) is 2. The molecule has 0 radical (unpaired) electrons. The molecule has 1 aromatic carbocycles. The lowest BCUT2D eigenvalue weighted by molar-refractivity contribution is 0.0696. The number of benzene rings is 1. The number of halogens is 1. The second-order valence-corrected chi connectivity index (χ2v) is 4.89. The standard InChI is InChI=1S/C10H11BrO3.C3H4O/c1-6(2)14-9-4-7(10(12)13)3-8(11)5-9;1-3-2-4-3/h3-6H,1-2H3,(H,12,13);1-2H2. The van der Waals surface area contributed by atoms with Crippen LogP contribution in [0.4, 0.5) is 0 Å². The molecule has 1 fully saturated rings. The van der Waals surface area contributed by atoms with E-state index in [1.54, 1.807) is 6.07 Å². The minimum Gasteiger partial charge on any atom is -0.491 e. The molecule has 0 bridgehead atoms. The van der Waals surface area contributed by atoms with Gasteiger partial charge in [0.05, 0.1) is 11.7 Å². The normalized spacial score (nSPS) is 12.3. The summed E-state index contributed by atoms with van der Waals surface area (Å²) in [5, 5.41) is 8.79. The van der Waals surface area contributed by atoms with Gasteiger partial charge in [0.25, 0.3) is 0 Å². The summed E-state index contributed by atoms with van der Waals surface area (Å²) in [5.74, 6) is 0.520. The molecule has 5 heteroatoms. The fraction of sp³-hybridized carbons (Fsp3) is 0.308. The third kappa shape index (κ3) is 5.72. The van der Waals surface area contributed by atoms with Crippen LogP contribution in [0, 0.1) is 0 Å². The molecule has 1 aliphatic heterocycles. The van der Waals surface area contributed by atoms with Crippen molar-refractivity contribution in [1.82, 2.24) is 0 Å². The van der Waals surface area contributed by atoms with Gasteiger partial charge >= 0.3 is 5.97 Å². The highest BCUT2D eigenvalue weighted by Crippen LogP contribution is 2.22. The zero-order chi connectivity index (χ0) is 13.7. The first-order chi connectivity index (χ1) is 8.38. The van der Waals surface area contributed by atoms with Crippen molar-refractivity contribution in [3.8, 4) is 5.75 Å². The van der Waals surface area contributed by atoms with Crippen LogP contribution in [0.15, 0.2) is 35.0 Å². The molecular weight excluding hydrogens is 300 g/mol. The van der Waals surface area contributed by atoms with Crippen molar-refractivity contribution in [2.45, 2.75) is 20.0 Å². The lowest BCUT2D eigenvalue weighted by atomic mass is 10.2. The molecule has 18 heavy (non-hydrogen) atoms. The summed E-state index contributed by atoms with van der Waals surface area (Å²) in [4.78, 5) is 10.7. The lowest BCUT2D eigenvalue weighted by Gasteiger charge is -2.10. The van der Waals surface area contributed by atoms with Crippen LogP contribution in [0.3, 0.4) is 0 Å². The molecule has 1 N–H and O–H groups in total. The zero-order valence-corrected chi connectivity index (χ0v) is 11.9. The van der Waals surface area contributed by atoms with E-state index >= 15 is 0 Å². The van der Waals surface area contributed by atoms with E-state index < -0.39 is 5.97 Å². The van der Waals surface area contributed by atoms with Gasteiger partial charge in [-0.1, -0.05) is 22.5 Å². The second kappa shape index (κ2) is 6.44. The smallest absolute Gasteiger partial charge is 0.335 e. The summed E-state index contributed by atoms with van der Waals surface area (Å²) < 4.78 is 10.6. The molecular formula is C13H15BrO4. The van der Waals surface area contributed by atoms with Crippen LogP contribution >= 0.6 is 15.9 Å². The minimum absolute atomic E-state index is 0.0333. The molecule has 0 amide bonds. The predicted molar refractivity (Wildman–Crippen MR) is 72.0 cm³/mol. The van der Waals surface area contributed by atoms with Crippen molar-refractivity contribution in [1.29, 1.82) is 0 Å². The molecule has 1 aromatic rings. The highest BCUT2D eigenvalue weighted by molar-refractivity contribution is 9.10. The average molecular weight is 315 g/mol. The van der Waals surface area contributed by atoms with Crippen LogP contribution in [0.5, 0.6) is 5.75 Å². The van der Waals surface area contributed by atoms with Gasteiger partial charge in [0.2, 0.25) is 0 Å². The van der Waals surface area contributed by atoms with E-state index in [1.807, 2.05) is 13.8 Å². The van der Waals surface area contributed by atoms with Crippen molar-refractivity contribution in [2.24, 2.45) is 0 Å². The summed E-state index contributed by atoms with van der Waals surface area (Å²) in [7, 11) is 0. The number of epoxide rings is 1. The summed E-state index contributed by atoms with van der Waals surface area (Å²) in [5.41, 5.74) is 0.218. The van der Waals surface area contributed by atoms with Crippen molar-refractivity contribution < 1.29 is 19.4 Å². The van der Waals surface area contributed by atoms with Gasteiger partial charge in [0.15, 0.2) is 0 Å². The Labute approximate surface area is 114 Å². The quantitative estimate of drug-likeness (QED) is 0.868. The van der Waals surface area contributed by atoms with Crippen LogP contribution in [0.1, 0.15) is 24.2 Å².